The molecule has 2 atom stereocenters. The van der Waals surface area contributed by atoms with Crippen LogP contribution in [-0.4, -0.2) is 49.4 Å². The first-order valence-electron chi connectivity index (χ1n) is 8.64. The lowest BCUT2D eigenvalue weighted by molar-refractivity contribution is -0.384. The molecule has 0 radical (unpaired) electrons. The lowest BCUT2D eigenvalue weighted by Crippen LogP contribution is -2.51. The van der Waals surface area contributed by atoms with Gasteiger partial charge in [-0.3, -0.25) is 14.9 Å². The van der Waals surface area contributed by atoms with Crippen molar-refractivity contribution in [3.8, 4) is 5.69 Å². The molecule has 1 aromatic heterocycles. The fraction of sp³-hybridized carbons (Fsp3) is 0.471. The number of amides is 1. The minimum absolute atomic E-state index is 0.0152. The van der Waals surface area contributed by atoms with E-state index in [1.54, 1.807) is 24.0 Å². The number of rotatable bonds is 4. The largest absolute Gasteiger partial charge is 0.333 e. The average molecular weight is 358 g/mol. The molecule has 0 spiro atoms. The van der Waals surface area contributed by atoms with Crippen molar-refractivity contribution in [2.24, 2.45) is 5.73 Å². The number of nitrogens with zero attached hydrogens (tertiary/aromatic N) is 5. The molecule has 9 heteroatoms. The summed E-state index contributed by atoms with van der Waals surface area (Å²) in [5.41, 5.74) is 7.30. The molecule has 2 aromatic rings. The van der Waals surface area contributed by atoms with Gasteiger partial charge in [0.1, 0.15) is 0 Å². The van der Waals surface area contributed by atoms with Gasteiger partial charge in [0.15, 0.2) is 5.69 Å². The highest BCUT2D eigenvalue weighted by atomic mass is 16.6. The summed E-state index contributed by atoms with van der Waals surface area (Å²) < 4.78 is 1.45. The van der Waals surface area contributed by atoms with E-state index in [0.717, 1.165) is 19.3 Å². The number of nitro benzene ring substituents is 1. The molecule has 1 saturated heterocycles. The summed E-state index contributed by atoms with van der Waals surface area (Å²) in [5, 5.41) is 19.1. The smallest absolute Gasteiger partial charge is 0.276 e. The molecule has 138 valence electrons. The van der Waals surface area contributed by atoms with Crippen molar-refractivity contribution in [2.75, 3.05) is 6.54 Å². The summed E-state index contributed by atoms with van der Waals surface area (Å²) in [4.78, 5) is 25.3. The van der Waals surface area contributed by atoms with Crippen molar-refractivity contribution < 1.29 is 9.72 Å². The predicted molar refractivity (Wildman–Crippen MR) is 95.1 cm³/mol. The Morgan fingerprint density at radius 3 is 2.88 bits per heavy atom. The van der Waals surface area contributed by atoms with E-state index >= 15 is 0 Å². The molecule has 3 rings (SSSR count). The Kier molecular flexibility index (Phi) is 4.99. The van der Waals surface area contributed by atoms with Gasteiger partial charge >= 0.3 is 0 Å². The van der Waals surface area contributed by atoms with Crippen LogP contribution in [0.25, 0.3) is 5.69 Å². The minimum atomic E-state index is -0.469. The van der Waals surface area contributed by atoms with Gasteiger partial charge in [0.25, 0.3) is 11.6 Å². The molecule has 2 heterocycles. The second-order valence-corrected chi connectivity index (χ2v) is 6.63. The monoisotopic (exact) mass is 358 g/mol. The van der Waals surface area contributed by atoms with Crippen molar-refractivity contribution >= 4 is 11.6 Å². The number of carbonyl (C=O) groups excluding carboxylic acids is 1. The van der Waals surface area contributed by atoms with Gasteiger partial charge in [0.2, 0.25) is 0 Å². The Bertz CT molecular complexity index is 832. The molecule has 26 heavy (non-hydrogen) atoms. The molecule has 1 aliphatic heterocycles. The van der Waals surface area contributed by atoms with E-state index in [9.17, 15) is 14.9 Å². The van der Waals surface area contributed by atoms with Crippen molar-refractivity contribution in [3.05, 3.63) is 45.8 Å². The third kappa shape index (κ3) is 3.30. The highest BCUT2D eigenvalue weighted by Crippen LogP contribution is 2.23. The van der Waals surface area contributed by atoms with Crippen molar-refractivity contribution in [1.82, 2.24) is 19.9 Å². The molecular weight excluding hydrogens is 336 g/mol. The third-order valence-electron chi connectivity index (χ3n) is 4.80. The van der Waals surface area contributed by atoms with Crippen LogP contribution in [0.4, 0.5) is 5.69 Å². The van der Waals surface area contributed by atoms with Gasteiger partial charge < -0.3 is 10.6 Å². The fourth-order valence-corrected chi connectivity index (χ4v) is 3.40. The zero-order valence-electron chi connectivity index (χ0n) is 14.8. The van der Waals surface area contributed by atoms with Crippen LogP contribution in [0.15, 0.2) is 24.3 Å². The first-order valence-corrected chi connectivity index (χ1v) is 8.64. The predicted octanol–water partition coefficient (Wildman–Crippen LogP) is 1.83. The Hall–Kier alpha value is -2.81. The van der Waals surface area contributed by atoms with Gasteiger partial charge in [0.05, 0.1) is 16.3 Å². The van der Waals surface area contributed by atoms with E-state index in [1.807, 2.05) is 6.92 Å². The van der Waals surface area contributed by atoms with Gasteiger partial charge in [0, 0.05) is 30.8 Å². The molecule has 2 N–H and O–H groups in total. The van der Waals surface area contributed by atoms with E-state index in [2.05, 4.69) is 10.3 Å². The maximum atomic E-state index is 13.0. The molecule has 0 bridgehead atoms. The molecule has 0 saturated carbocycles. The van der Waals surface area contributed by atoms with Crippen LogP contribution in [0.2, 0.25) is 0 Å². The van der Waals surface area contributed by atoms with Crippen LogP contribution in [-0.2, 0) is 0 Å². The molecule has 1 amide bonds. The number of hydrogen-bond acceptors (Lipinski definition) is 6. The van der Waals surface area contributed by atoms with Crippen molar-refractivity contribution in [1.29, 1.82) is 0 Å². The second-order valence-electron chi connectivity index (χ2n) is 6.63. The first-order chi connectivity index (χ1) is 12.4. The van der Waals surface area contributed by atoms with Gasteiger partial charge in [-0.05, 0) is 39.2 Å². The van der Waals surface area contributed by atoms with Crippen LogP contribution in [0.5, 0.6) is 0 Å². The molecule has 1 aliphatic rings. The number of piperidine rings is 1. The summed E-state index contributed by atoms with van der Waals surface area (Å²) in [7, 11) is 0. The lowest BCUT2D eigenvalue weighted by Gasteiger charge is -2.37. The summed E-state index contributed by atoms with van der Waals surface area (Å²) in [6, 6.07) is 5.94. The quantitative estimate of drug-likeness (QED) is 0.657. The standard InChI is InChI=1S/C17H22N6O3/c1-11(18)15-8-3-4-9-21(15)17(24)16-12(2)22(20-19-16)13-6-5-7-14(10-13)23(25)26/h5-7,10-11,15H,3-4,8-9,18H2,1-2H3. The van der Waals surface area contributed by atoms with Crippen LogP contribution in [0.1, 0.15) is 42.4 Å². The van der Waals surface area contributed by atoms with Crippen LogP contribution >= 0.6 is 0 Å². The van der Waals surface area contributed by atoms with E-state index in [-0.39, 0.29) is 29.4 Å². The molecule has 1 aromatic carbocycles. The number of aromatic nitrogens is 3. The van der Waals surface area contributed by atoms with E-state index in [1.165, 1.54) is 16.8 Å². The summed E-state index contributed by atoms with van der Waals surface area (Å²) >= 11 is 0. The molecule has 0 aliphatic carbocycles. The summed E-state index contributed by atoms with van der Waals surface area (Å²) in [5.74, 6) is -0.193. The SMILES string of the molecule is Cc1c(C(=O)N2CCCCC2C(C)N)nnn1-c1cccc([N+](=O)[O-])c1. The maximum Gasteiger partial charge on any atom is 0.276 e. The number of likely N-dealkylation sites (tertiary alicyclic amines) is 1. The zero-order valence-corrected chi connectivity index (χ0v) is 14.8. The minimum Gasteiger partial charge on any atom is -0.333 e. The number of nitro groups is 1. The molecule has 1 fully saturated rings. The maximum absolute atomic E-state index is 13.0. The fourth-order valence-electron chi connectivity index (χ4n) is 3.40. The topological polar surface area (TPSA) is 120 Å². The van der Waals surface area contributed by atoms with E-state index in [4.69, 9.17) is 5.73 Å². The second kappa shape index (κ2) is 7.20. The Morgan fingerprint density at radius 2 is 2.19 bits per heavy atom. The first kappa shape index (κ1) is 18.0. The average Bonchev–Trinajstić information content (AvgIpc) is 3.02. The highest BCUT2D eigenvalue weighted by molar-refractivity contribution is 5.93. The van der Waals surface area contributed by atoms with Crippen LogP contribution < -0.4 is 5.73 Å². The number of benzene rings is 1. The number of non-ortho nitro benzene ring substituents is 1. The van der Waals surface area contributed by atoms with Crippen LogP contribution in [0.3, 0.4) is 0 Å². The van der Waals surface area contributed by atoms with Gasteiger partial charge in [-0.25, -0.2) is 4.68 Å². The Morgan fingerprint density at radius 1 is 1.42 bits per heavy atom. The van der Waals surface area contributed by atoms with Crippen LogP contribution in [0, 0.1) is 17.0 Å². The zero-order chi connectivity index (χ0) is 18.8. The molecule has 9 nitrogen and oxygen atoms in total. The number of nitrogens with two attached hydrogens (primary N) is 1. The highest BCUT2D eigenvalue weighted by Gasteiger charge is 2.32. The molecular formula is C17H22N6O3. The Balaban J connectivity index is 1.92. The third-order valence-corrected chi connectivity index (χ3v) is 4.80. The number of hydrogen-bond donors (Lipinski definition) is 1. The van der Waals surface area contributed by atoms with Crippen molar-refractivity contribution in [3.63, 3.8) is 0 Å². The summed E-state index contributed by atoms with van der Waals surface area (Å²) in [6.45, 7) is 4.29. The van der Waals surface area contributed by atoms with Gasteiger partial charge in [-0.1, -0.05) is 11.3 Å². The molecule has 2 unspecified atom stereocenters. The lowest BCUT2D eigenvalue weighted by atomic mass is 9.96. The van der Waals surface area contributed by atoms with Crippen molar-refractivity contribution in [2.45, 2.75) is 45.2 Å². The van der Waals surface area contributed by atoms with Gasteiger partial charge in [-0.15, -0.1) is 5.10 Å². The normalized spacial score (nSPS) is 18.6. The van der Waals surface area contributed by atoms with E-state index in [0.29, 0.717) is 17.9 Å². The van der Waals surface area contributed by atoms with E-state index < -0.39 is 4.92 Å². The Labute approximate surface area is 150 Å². The van der Waals surface area contributed by atoms with Gasteiger partial charge in [-0.2, -0.15) is 0 Å². The number of carbonyl (C=O) groups is 1. The summed E-state index contributed by atoms with van der Waals surface area (Å²) in [6.07, 6.45) is 2.86.